The predicted octanol–water partition coefficient (Wildman–Crippen LogP) is 13.0. The first-order chi connectivity index (χ1) is 31.2. The van der Waals surface area contributed by atoms with Crippen molar-refractivity contribution in [2.24, 2.45) is 0 Å². The van der Waals surface area contributed by atoms with E-state index in [2.05, 4.69) is 0 Å². The predicted molar refractivity (Wildman–Crippen MR) is 232 cm³/mol. The number of rotatable bonds is 5. The number of aromatic nitrogens is 5. The van der Waals surface area contributed by atoms with Gasteiger partial charge >= 0.3 is 0 Å². The minimum atomic E-state index is -0.142. The van der Waals surface area contributed by atoms with Gasteiger partial charge in [0.05, 0.1) is 37.3 Å². The van der Waals surface area contributed by atoms with Crippen LogP contribution in [0.15, 0.2) is 192 Å². The SMILES string of the molecule is [2H]c1cc([2H])c2c(c1[2H])c1cc3c4c([2H])c([2H])cc([2H])c4n(-c4cccc5c4oc4cc(-c6nc(-c7ccccc7)nc(-c7ccccc7)n6)ccc45)c3c([2H])c1n2-c1ccccc1. The van der Waals surface area contributed by atoms with Crippen molar-refractivity contribution in [1.29, 1.82) is 0 Å². The Morgan fingerprint density at radius 3 is 1.65 bits per heavy atom. The molecule has 6 heteroatoms. The molecule has 0 aliphatic heterocycles. The molecular formula is C51H31N5O. The summed E-state index contributed by atoms with van der Waals surface area (Å²) in [6, 6.07) is 44.5. The molecule has 0 N–H and O–H groups in total. The highest BCUT2D eigenvalue weighted by atomic mass is 16.3. The number of hydrogen-bond acceptors (Lipinski definition) is 4. The summed E-state index contributed by atoms with van der Waals surface area (Å²) < 4.78 is 74.6. The quantitative estimate of drug-likeness (QED) is 0.176. The smallest absolute Gasteiger partial charge is 0.164 e. The average Bonchev–Trinajstić information content (AvgIpc) is 4.00. The van der Waals surface area contributed by atoms with Crippen molar-refractivity contribution in [3.8, 4) is 45.5 Å². The Morgan fingerprint density at radius 2 is 1.00 bits per heavy atom. The third kappa shape index (κ3) is 4.87. The molecule has 12 aromatic rings. The summed E-state index contributed by atoms with van der Waals surface area (Å²) in [6.07, 6.45) is 0. The summed E-state index contributed by atoms with van der Waals surface area (Å²) in [5.41, 5.74) is 6.09. The van der Waals surface area contributed by atoms with E-state index < -0.39 is 0 Å². The van der Waals surface area contributed by atoms with Crippen molar-refractivity contribution in [3.63, 3.8) is 0 Å². The number of hydrogen-bond donors (Lipinski definition) is 0. The van der Waals surface area contributed by atoms with Crippen LogP contribution >= 0.6 is 0 Å². The first-order valence-electron chi connectivity index (χ1n) is 22.0. The minimum Gasteiger partial charge on any atom is -0.454 e. The molecule has 8 aromatic carbocycles. The third-order valence-electron chi connectivity index (χ3n) is 10.6. The van der Waals surface area contributed by atoms with E-state index in [0.29, 0.717) is 89.2 Å². The first-order valence-corrected chi connectivity index (χ1v) is 18.5. The molecule has 0 spiro atoms. The molecule has 12 rings (SSSR count). The zero-order valence-corrected chi connectivity index (χ0v) is 30.0. The van der Waals surface area contributed by atoms with Crippen molar-refractivity contribution in [3.05, 3.63) is 188 Å². The maximum absolute atomic E-state index is 10.1. The molecule has 0 aliphatic rings. The maximum atomic E-state index is 10.1. The van der Waals surface area contributed by atoms with E-state index >= 15 is 0 Å². The van der Waals surface area contributed by atoms with Crippen LogP contribution in [-0.2, 0) is 0 Å². The second-order valence-corrected chi connectivity index (χ2v) is 13.9. The summed E-state index contributed by atoms with van der Waals surface area (Å²) in [4.78, 5) is 14.7. The lowest BCUT2D eigenvalue weighted by molar-refractivity contribution is 0.666. The molecule has 0 bridgehead atoms. The Labute approximate surface area is 336 Å². The van der Waals surface area contributed by atoms with E-state index in [4.69, 9.17) is 24.9 Å². The van der Waals surface area contributed by atoms with Crippen LogP contribution in [0.5, 0.6) is 0 Å². The fraction of sp³-hybridized carbons (Fsp3) is 0. The van der Waals surface area contributed by atoms with Gasteiger partial charge in [-0.3, -0.25) is 0 Å². The van der Waals surface area contributed by atoms with Crippen LogP contribution < -0.4 is 0 Å². The van der Waals surface area contributed by atoms with Crippen molar-refractivity contribution in [1.82, 2.24) is 24.1 Å². The molecule has 0 saturated carbocycles. The number of para-hydroxylation sites is 4. The number of fused-ring (bicyclic) bond motifs is 9. The standard InChI is InChI=1S/C51H31N5O/c1-4-15-32(16-5-1)49-52-50(33-17-6-2-7-18-33)54-51(53-49)34-27-28-38-39-23-14-26-44(48(39)57-47(38)29-34)56-43-25-13-11-22-37(43)41-30-40-36-21-10-12-24-42(36)55(45(40)31-46(41)56)35-19-8-3-9-20-35/h1-31H/i10D,11D,21D,22D,24D,25D,31D. The van der Waals surface area contributed by atoms with E-state index in [1.54, 1.807) is 15.2 Å². The van der Waals surface area contributed by atoms with Crippen molar-refractivity contribution < 1.29 is 14.0 Å². The van der Waals surface area contributed by atoms with Crippen LogP contribution in [0.25, 0.3) is 111 Å². The fourth-order valence-electron chi connectivity index (χ4n) is 8.03. The van der Waals surface area contributed by atoms with Crippen LogP contribution in [0.4, 0.5) is 0 Å². The van der Waals surface area contributed by atoms with Crippen LogP contribution in [0, 0.1) is 0 Å². The minimum absolute atomic E-state index is 0.0104. The van der Waals surface area contributed by atoms with Gasteiger partial charge in [0.1, 0.15) is 5.58 Å². The topological polar surface area (TPSA) is 61.7 Å². The molecule has 0 atom stereocenters. The van der Waals surface area contributed by atoms with Crippen LogP contribution in [0.1, 0.15) is 9.60 Å². The van der Waals surface area contributed by atoms with Gasteiger partial charge in [0, 0.05) is 54.7 Å². The second kappa shape index (κ2) is 12.3. The van der Waals surface area contributed by atoms with Crippen LogP contribution in [-0.4, -0.2) is 24.1 Å². The van der Waals surface area contributed by atoms with Gasteiger partial charge in [0.25, 0.3) is 0 Å². The van der Waals surface area contributed by atoms with E-state index in [1.807, 2.05) is 127 Å². The van der Waals surface area contributed by atoms with Crippen LogP contribution in [0.2, 0.25) is 0 Å². The Morgan fingerprint density at radius 1 is 0.421 bits per heavy atom. The van der Waals surface area contributed by atoms with Crippen molar-refractivity contribution >= 4 is 65.6 Å². The van der Waals surface area contributed by atoms with Gasteiger partial charge in [0.15, 0.2) is 23.1 Å². The van der Waals surface area contributed by atoms with Gasteiger partial charge in [0.2, 0.25) is 0 Å². The van der Waals surface area contributed by atoms with E-state index in [1.165, 1.54) is 12.1 Å². The van der Waals surface area contributed by atoms with E-state index in [-0.39, 0.29) is 42.3 Å². The van der Waals surface area contributed by atoms with Crippen LogP contribution in [0.3, 0.4) is 0 Å². The molecule has 0 saturated heterocycles. The molecule has 266 valence electrons. The van der Waals surface area contributed by atoms with Crippen molar-refractivity contribution in [2.75, 3.05) is 0 Å². The van der Waals surface area contributed by atoms with Gasteiger partial charge < -0.3 is 13.6 Å². The second-order valence-electron chi connectivity index (χ2n) is 13.9. The summed E-state index contributed by atoms with van der Waals surface area (Å²) in [7, 11) is 0. The number of nitrogens with zero attached hydrogens (tertiary/aromatic N) is 5. The molecule has 0 unspecified atom stereocenters. The highest BCUT2D eigenvalue weighted by Gasteiger charge is 2.21. The van der Waals surface area contributed by atoms with Gasteiger partial charge in [-0.15, -0.1) is 0 Å². The van der Waals surface area contributed by atoms with Crippen molar-refractivity contribution in [2.45, 2.75) is 0 Å². The summed E-state index contributed by atoms with van der Waals surface area (Å²) in [5, 5.41) is 3.13. The Hall–Kier alpha value is -7.83. The lowest BCUT2D eigenvalue weighted by atomic mass is 10.1. The molecule has 0 fully saturated rings. The molecular weight excluding hydrogens is 699 g/mol. The van der Waals surface area contributed by atoms with Gasteiger partial charge in [-0.25, -0.2) is 15.0 Å². The summed E-state index contributed by atoms with van der Waals surface area (Å²) in [5.74, 6) is 1.53. The fourth-order valence-corrected chi connectivity index (χ4v) is 8.03. The highest BCUT2D eigenvalue weighted by molar-refractivity contribution is 6.20. The molecule has 6 nitrogen and oxygen atoms in total. The number of furan rings is 1. The molecule has 4 heterocycles. The molecule has 0 amide bonds. The Bertz CT molecular complexity index is 3870. The number of benzene rings is 8. The highest BCUT2D eigenvalue weighted by Crippen LogP contribution is 2.42. The summed E-state index contributed by atoms with van der Waals surface area (Å²) >= 11 is 0. The zero-order chi connectivity index (χ0) is 43.5. The Balaban J connectivity index is 1.15. The molecule has 0 aliphatic carbocycles. The van der Waals surface area contributed by atoms with Gasteiger partial charge in [-0.2, -0.15) is 0 Å². The van der Waals surface area contributed by atoms with Gasteiger partial charge in [-0.1, -0.05) is 133 Å². The lowest BCUT2D eigenvalue weighted by Gasteiger charge is -2.10. The normalized spacial score (nSPS) is 13.6. The summed E-state index contributed by atoms with van der Waals surface area (Å²) in [6.45, 7) is 0. The van der Waals surface area contributed by atoms with E-state index in [0.717, 1.165) is 21.9 Å². The van der Waals surface area contributed by atoms with Gasteiger partial charge in [-0.05, 0) is 54.5 Å². The third-order valence-corrected chi connectivity index (χ3v) is 10.6. The lowest BCUT2D eigenvalue weighted by Crippen LogP contribution is -2.00. The molecule has 57 heavy (non-hydrogen) atoms. The largest absolute Gasteiger partial charge is 0.454 e. The first kappa shape index (κ1) is 25.3. The van der Waals surface area contributed by atoms with E-state index in [9.17, 15) is 4.11 Å². The molecule has 4 aromatic heterocycles. The molecule has 0 radical (unpaired) electrons. The Kier molecular flexibility index (Phi) is 5.48. The monoisotopic (exact) mass is 736 g/mol. The average molecular weight is 737 g/mol. The zero-order valence-electron chi connectivity index (χ0n) is 37.0. The maximum Gasteiger partial charge on any atom is 0.164 e.